The summed E-state index contributed by atoms with van der Waals surface area (Å²) in [5, 5.41) is 10.9. The summed E-state index contributed by atoms with van der Waals surface area (Å²) in [7, 11) is 0. The minimum absolute atomic E-state index is 0. The van der Waals surface area contributed by atoms with E-state index in [0.29, 0.717) is 12.0 Å². The van der Waals surface area contributed by atoms with E-state index in [1.807, 2.05) is 0 Å². The summed E-state index contributed by atoms with van der Waals surface area (Å²) in [6.07, 6.45) is 0. The Balaban J connectivity index is 0. The van der Waals surface area contributed by atoms with Crippen LogP contribution < -0.4 is 23.2 Å². The van der Waals surface area contributed by atoms with Crippen LogP contribution in [0.2, 0.25) is 0 Å². The Hall–Kier alpha value is -0.467. The van der Waals surface area contributed by atoms with Crippen LogP contribution in [-0.2, 0) is 29.3 Å². The molecule has 13 heavy (non-hydrogen) atoms. The van der Waals surface area contributed by atoms with Crippen molar-refractivity contribution in [2.75, 3.05) is 6.61 Å². The zero-order chi connectivity index (χ0) is 8.27. The molecule has 0 atom stereocenters. The van der Waals surface area contributed by atoms with Crippen LogP contribution in [0.25, 0.3) is 12.5 Å². The number of halogens is 1. The van der Waals surface area contributed by atoms with Crippen molar-refractivity contribution in [2.45, 2.75) is 6.92 Å². The minimum atomic E-state index is -0.442. The number of hydrogen-bond acceptors (Lipinski definition) is 2. The molecular weight excluding hydrogens is 245 g/mol. The normalized spacial score (nSPS) is 10.8. The van der Waals surface area contributed by atoms with Crippen molar-refractivity contribution in [1.29, 1.82) is 0 Å². The topological polar surface area (TPSA) is 42.3 Å². The van der Waals surface area contributed by atoms with Crippen molar-refractivity contribution >= 4 is 12.5 Å². The smallest absolute Gasteiger partial charge is 0.374 e. The van der Waals surface area contributed by atoms with Gasteiger partial charge in [-0.25, -0.2) is 5.11 Å². The molecule has 0 saturated heterocycles. The summed E-state index contributed by atoms with van der Waals surface area (Å²) >= 11 is 0. The predicted octanol–water partition coefficient (Wildman–Crippen LogP) is -2.78. The Morgan fingerprint density at radius 2 is 2.23 bits per heavy atom. The van der Waals surface area contributed by atoms with Gasteiger partial charge in [-0.1, -0.05) is 6.58 Å². The Morgan fingerprint density at radius 1 is 1.62 bits per heavy atom. The van der Waals surface area contributed by atoms with E-state index in [9.17, 15) is 5.11 Å². The van der Waals surface area contributed by atoms with Gasteiger partial charge in [0.25, 0.3) is 0 Å². The van der Waals surface area contributed by atoms with E-state index < -0.39 is 5.95 Å². The van der Waals surface area contributed by atoms with Crippen molar-refractivity contribution in [3.05, 3.63) is 23.0 Å². The van der Waals surface area contributed by atoms with Gasteiger partial charge >= 0.3 is 5.95 Å². The minimum Gasteiger partial charge on any atom is -1.00 e. The van der Waals surface area contributed by atoms with E-state index in [4.69, 9.17) is 4.42 Å². The molecule has 1 aromatic heterocycles. The molecule has 1 rings (SSSR count). The molecule has 0 spiro atoms. The molecule has 1 radical (unpaired) electrons. The molecule has 0 fully saturated rings. The van der Waals surface area contributed by atoms with Crippen molar-refractivity contribution < 1.29 is 46.1 Å². The third kappa shape index (κ3) is 4.34. The molecule has 1 heterocycles. The SMILES string of the molecule is C=c1ccc(=C([O])OCC)o1.[Cl-].[Zn]. The first-order valence-electron chi connectivity index (χ1n) is 3.33. The zero-order valence-electron chi connectivity index (χ0n) is 7.38. The molecule has 5 heteroatoms. The van der Waals surface area contributed by atoms with E-state index in [1.54, 1.807) is 19.1 Å². The fourth-order valence-corrected chi connectivity index (χ4v) is 0.690. The zero-order valence-corrected chi connectivity index (χ0v) is 11.1. The summed E-state index contributed by atoms with van der Waals surface area (Å²) in [6, 6.07) is 3.16. The first kappa shape index (κ1) is 15.0. The molecule has 0 bridgehead atoms. The van der Waals surface area contributed by atoms with Crippen LogP contribution in [0.15, 0.2) is 16.5 Å². The second-order valence-electron chi connectivity index (χ2n) is 1.99. The monoisotopic (exact) mass is 252 g/mol. The maximum atomic E-state index is 10.9. The molecule has 0 aliphatic heterocycles. The molecule has 0 N–H and O–H groups in total. The molecule has 0 aliphatic carbocycles. The predicted molar refractivity (Wildman–Crippen MR) is 39.2 cm³/mol. The van der Waals surface area contributed by atoms with Crippen molar-refractivity contribution in [3.63, 3.8) is 0 Å². The summed E-state index contributed by atoms with van der Waals surface area (Å²) in [5.41, 5.74) is 0.671. The van der Waals surface area contributed by atoms with Gasteiger partial charge in [0.2, 0.25) is 5.42 Å². The van der Waals surface area contributed by atoms with E-state index in [2.05, 4.69) is 11.3 Å². The van der Waals surface area contributed by atoms with E-state index in [-0.39, 0.29) is 37.3 Å². The maximum absolute atomic E-state index is 10.9. The molecule has 3 nitrogen and oxygen atoms in total. The van der Waals surface area contributed by atoms with E-state index >= 15 is 0 Å². The van der Waals surface area contributed by atoms with Crippen LogP contribution in [0.3, 0.4) is 0 Å². The van der Waals surface area contributed by atoms with Gasteiger partial charge in [-0.05, 0) is 19.1 Å². The van der Waals surface area contributed by atoms with Crippen molar-refractivity contribution in [2.24, 2.45) is 0 Å². The second-order valence-corrected chi connectivity index (χ2v) is 1.99. The van der Waals surface area contributed by atoms with Gasteiger partial charge in [-0.2, -0.15) is 0 Å². The van der Waals surface area contributed by atoms with Crippen LogP contribution in [0, 0.1) is 0 Å². The van der Waals surface area contributed by atoms with Crippen LogP contribution >= 0.6 is 0 Å². The first-order valence-corrected chi connectivity index (χ1v) is 3.33. The summed E-state index contributed by atoms with van der Waals surface area (Å²) in [4.78, 5) is 0. The molecule has 0 amide bonds. The van der Waals surface area contributed by atoms with Crippen LogP contribution in [0.4, 0.5) is 0 Å². The Morgan fingerprint density at radius 3 is 2.62 bits per heavy atom. The third-order valence-electron chi connectivity index (χ3n) is 1.14. The van der Waals surface area contributed by atoms with Gasteiger partial charge in [0, 0.05) is 19.5 Å². The summed E-state index contributed by atoms with van der Waals surface area (Å²) < 4.78 is 9.59. The number of ether oxygens (including phenoxy) is 1. The molecule has 0 aliphatic rings. The summed E-state index contributed by atoms with van der Waals surface area (Å²) in [5.74, 6) is -0.442. The van der Waals surface area contributed by atoms with Gasteiger partial charge < -0.3 is 21.6 Å². The van der Waals surface area contributed by atoms with Crippen LogP contribution in [0.5, 0.6) is 0 Å². The van der Waals surface area contributed by atoms with Gasteiger partial charge in [0.15, 0.2) is 0 Å². The van der Waals surface area contributed by atoms with Crippen LogP contribution in [0.1, 0.15) is 6.92 Å². The average Bonchev–Trinajstić information content (AvgIpc) is 2.36. The number of rotatable bonds is 2. The molecule has 0 aromatic carbocycles. The number of furan rings is 1. The van der Waals surface area contributed by atoms with Crippen molar-refractivity contribution in [1.82, 2.24) is 0 Å². The van der Waals surface area contributed by atoms with Gasteiger partial charge in [0.05, 0.1) is 6.61 Å². The quantitative estimate of drug-likeness (QED) is 0.536. The van der Waals surface area contributed by atoms with E-state index in [1.165, 1.54) is 0 Å². The molecule has 0 saturated carbocycles. The fourth-order valence-electron chi connectivity index (χ4n) is 0.690. The largest absolute Gasteiger partial charge is 1.00 e. The van der Waals surface area contributed by atoms with Gasteiger partial charge in [-0.3, -0.25) is 0 Å². The van der Waals surface area contributed by atoms with Gasteiger partial charge in [-0.15, -0.1) is 0 Å². The van der Waals surface area contributed by atoms with E-state index in [0.717, 1.165) is 0 Å². The van der Waals surface area contributed by atoms with Crippen molar-refractivity contribution in [3.8, 4) is 0 Å². The Kier molecular flexibility index (Phi) is 8.08. The first-order chi connectivity index (χ1) is 5.24. The fraction of sp³-hybridized carbons (Fsp3) is 0.250. The Bertz CT molecular complexity index is 333. The molecule has 0 unspecified atom stereocenters. The molecular formula is C8H9ClO3Zn-. The standard InChI is InChI=1S/C8H9O3.ClH.Zn/c1-3-10-8(9)7-5-4-6(2)11-7;;/h4-5H,2-3H2,1H3;1H;/p-1. The third-order valence-corrected chi connectivity index (χ3v) is 1.14. The Labute approximate surface area is 95.3 Å². The molecule has 1 aromatic rings. The summed E-state index contributed by atoms with van der Waals surface area (Å²) in [6.45, 7) is 5.60. The second kappa shape index (κ2) is 6.99. The van der Waals surface area contributed by atoms with Crippen LogP contribution in [-0.4, -0.2) is 6.61 Å². The number of hydrogen-bond donors (Lipinski definition) is 0. The maximum Gasteiger partial charge on any atom is 0.374 e. The van der Waals surface area contributed by atoms with Gasteiger partial charge in [0.1, 0.15) is 5.42 Å². The molecule has 69 valence electrons. The average molecular weight is 254 g/mol.